The van der Waals surface area contributed by atoms with Crippen molar-refractivity contribution in [1.82, 2.24) is 15.3 Å². The first-order valence-electron chi connectivity index (χ1n) is 12.4. The number of hydrogen-bond donors (Lipinski definition) is 2. The Morgan fingerprint density at radius 1 is 1.11 bits per heavy atom. The molecular weight excluding hydrogens is 495 g/mol. The number of rotatable bonds is 11. The molecule has 0 unspecified atom stereocenters. The Kier molecular flexibility index (Phi) is 7.64. The lowest BCUT2D eigenvalue weighted by Gasteiger charge is -2.27. The van der Waals surface area contributed by atoms with Gasteiger partial charge in [0.2, 0.25) is 11.8 Å². The molecule has 2 fully saturated rings. The maximum atomic E-state index is 13.7. The zero-order valence-corrected chi connectivity index (χ0v) is 21.3. The molecule has 0 saturated heterocycles. The van der Waals surface area contributed by atoms with E-state index in [0.29, 0.717) is 39.7 Å². The molecule has 2 aliphatic rings. The van der Waals surface area contributed by atoms with Crippen LogP contribution in [-0.2, 0) is 22.6 Å². The summed E-state index contributed by atoms with van der Waals surface area (Å²) >= 11 is 1.29. The highest BCUT2D eigenvalue weighted by Gasteiger charge is 2.48. The van der Waals surface area contributed by atoms with E-state index in [0.717, 1.165) is 37.4 Å². The summed E-state index contributed by atoms with van der Waals surface area (Å²) in [6.07, 6.45) is 6.66. The molecule has 2 aliphatic carbocycles. The number of hydrogen-bond acceptors (Lipinski definition) is 7. The van der Waals surface area contributed by atoms with Gasteiger partial charge in [0.25, 0.3) is 0 Å². The summed E-state index contributed by atoms with van der Waals surface area (Å²) in [5.74, 6) is 0.544. The van der Waals surface area contributed by atoms with Crippen LogP contribution < -0.4 is 15.4 Å². The normalized spacial score (nSPS) is 15.8. The van der Waals surface area contributed by atoms with Crippen LogP contribution >= 0.6 is 11.3 Å². The second-order valence-electron chi connectivity index (χ2n) is 9.54. The van der Waals surface area contributed by atoms with Crippen LogP contribution in [0.3, 0.4) is 0 Å². The number of thiazole rings is 1. The summed E-state index contributed by atoms with van der Waals surface area (Å²) in [5, 5.41) is 7.03. The molecule has 5 rings (SSSR count). The van der Waals surface area contributed by atoms with Gasteiger partial charge in [-0.1, -0.05) is 30.3 Å². The first kappa shape index (κ1) is 25.1. The maximum Gasteiger partial charge on any atom is 0.408 e. The molecule has 1 atom stereocenters. The van der Waals surface area contributed by atoms with Crippen LogP contribution in [0.2, 0.25) is 0 Å². The van der Waals surface area contributed by atoms with Crippen molar-refractivity contribution in [3.63, 3.8) is 0 Å². The van der Waals surface area contributed by atoms with Gasteiger partial charge in [-0.2, -0.15) is 0 Å². The molecule has 194 valence electrons. The minimum atomic E-state index is -0.693. The second-order valence-corrected chi connectivity index (χ2v) is 10.7. The van der Waals surface area contributed by atoms with E-state index in [-0.39, 0.29) is 18.4 Å². The van der Waals surface area contributed by atoms with E-state index in [1.54, 1.807) is 6.20 Å². The Morgan fingerprint density at radius 3 is 2.51 bits per heavy atom. The smallest absolute Gasteiger partial charge is 0.408 e. The third-order valence-corrected chi connectivity index (χ3v) is 7.63. The van der Waals surface area contributed by atoms with Gasteiger partial charge in [-0.3, -0.25) is 4.79 Å². The lowest BCUT2D eigenvalue weighted by molar-refractivity contribution is -0.119. The van der Waals surface area contributed by atoms with Crippen LogP contribution in [0.15, 0.2) is 48.8 Å². The SMILES string of the molecule is COc1ncc(F)cc1Cc1ncc(NC(=O)[C@@H](NC(=O)OCc2ccccc2)C(C2CC2)C2CC2)s1. The summed E-state index contributed by atoms with van der Waals surface area (Å²) in [4.78, 5) is 34.5. The molecule has 0 aliphatic heterocycles. The number of nitrogens with zero attached hydrogens (tertiary/aromatic N) is 2. The molecule has 37 heavy (non-hydrogen) atoms. The molecule has 2 heterocycles. The molecule has 0 spiro atoms. The van der Waals surface area contributed by atoms with E-state index in [1.807, 2.05) is 30.3 Å². The van der Waals surface area contributed by atoms with Gasteiger partial charge in [0.05, 0.1) is 24.5 Å². The van der Waals surface area contributed by atoms with Crippen LogP contribution in [-0.4, -0.2) is 35.1 Å². The van der Waals surface area contributed by atoms with E-state index < -0.39 is 18.0 Å². The fourth-order valence-corrected chi connectivity index (χ4v) is 5.55. The van der Waals surface area contributed by atoms with Gasteiger partial charge >= 0.3 is 6.09 Å². The van der Waals surface area contributed by atoms with Crippen molar-refractivity contribution in [3.8, 4) is 5.88 Å². The van der Waals surface area contributed by atoms with Gasteiger partial charge in [-0.05, 0) is 55.1 Å². The van der Waals surface area contributed by atoms with Crippen molar-refractivity contribution in [2.75, 3.05) is 12.4 Å². The second kappa shape index (κ2) is 11.2. The third kappa shape index (κ3) is 6.62. The van der Waals surface area contributed by atoms with Gasteiger partial charge in [0.1, 0.15) is 23.5 Å². The minimum Gasteiger partial charge on any atom is -0.481 e. The van der Waals surface area contributed by atoms with Crippen LogP contribution in [0.5, 0.6) is 5.88 Å². The predicted molar refractivity (Wildman–Crippen MR) is 137 cm³/mol. The Balaban J connectivity index is 1.26. The fourth-order valence-electron chi connectivity index (χ4n) is 4.71. The van der Waals surface area contributed by atoms with E-state index in [4.69, 9.17) is 9.47 Å². The van der Waals surface area contributed by atoms with Gasteiger partial charge in [0, 0.05) is 12.0 Å². The van der Waals surface area contributed by atoms with Gasteiger partial charge in [0.15, 0.2) is 0 Å². The Bertz CT molecular complexity index is 1230. The summed E-state index contributed by atoms with van der Waals surface area (Å²) in [6, 6.07) is 10.1. The highest BCUT2D eigenvalue weighted by atomic mass is 32.1. The highest BCUT2D eigenvalue weighted by molar-refractivity contribution is 7.15. The Hall–Kier alpha value is -3.53. The van der Waals surface area contributed by atoms with E-state index in [2.05, 4.69) is 20.6 Å². The van der Waals surface area contributed by atoms with Crippen molar-refractivity contribution in [3.05, 3.63) is 70.7 Å². The number of benzene rings is 1. The van der Waals surface area contributed by atoms with Gasteiger partial charge in [-0.15, -0.1) is 11.3 Å². The molecule has 3 aromatic rings. The summed E-state index contributed by atoms with van der Waals surface area (Å²) in [7, 11) is 1.48. The van der Waals surface area contributed by atoms with Crippen molar-refractivity contribution in [2.45, 2.75) is 44.8 Å². The van der Waals surface area contributed by atoms with Crippen LogP contribution in [0.25, 0.3) is 0 Å². The fraction of sp³-hybridized carbons (Fsp3) is 0.407. The molecule has 0 radical (unpaired) electrons. The lowest BCUT2D eigenvalue weighted by atomic mass is 9.89. The molecule has 2 N–H and O–H groups in total. The first-order valence-corrected chi connectivity index (χ1v) is 13.2. The third-order valence-electron chi connectivity index (χ3n) is 6.71. The molecule has 10 heteroatoms. The molecule has 2 saturated carbocycles. The number of methoxy groups -OCH3 is 1. The molecule has 1 aromatic carbocycles. The summed E-state index contributed by atoms with van der Waals surface area (Å²) in [6.45, 7) is 0.134. The van der Waals surface area contributed by atoms with Crippen LogP contribution in [0.1, 0.15) is 41.8 Å². The Morgan fingerprint density at radius 2 is 1.84 bits per heavy atom. The van der Waals surface area contributed by atoms with Gasteiger partial charge < -0.3 is 20.1 Å². The Labute approximate surface area is 218 Å². The molecule has 2 amide bonds. The largest absolute Gasteiger partial charge is 0.481 e. The summed E-state index contributed by atoms with van der Waals surface area (Å²) in [5.41, 5.74) is 1.44. The molecule has 8 nitrogen and oxygen atoms in total. The van der Waals surface area contributed by atoms with Crippen molar-refractivity contribution >= 4 is 28.3 Å². The average Bonchev–Trinajstić information content (AvgIpc) is 3.84. The number of carbonyl (C=O) groups is 2. The lowest BCUT2D eigenvalue weighted by Crippen LogP contribution is -2.50. The van der Waals surface area contributed by atoms with Gasteiger partial charge in [-0.25, -0.2) is 19.2 Å². The van der Waals surface area contributed by atoms with E-state index in [1.165, 1.54) is 24.5 Å². The molecule has 0 bridgehead atoms. The quantitative estimate of drug-likeness (QED) is 0.368. The average molecular weight is 525 g/mol. The zero-order chi connectivity index (χ0) is 25.8. The maximum absolute atomic E-state index is 13.7. The van der Waals surface area contributed by atoms with E-state index in [9.17, 15) is 14.0 Å². The molecule has 2 aromatic heterocycles. The number of anilines is 1. The van der Waals surface area contributed by atoms with Crippen LogP contribution in [0, 0.1) is 23.6 Å². The number of aromatic nitrogens is 2. The number of amides is 2. The molecular formula is C27H29FN4O4S. The predicted octanol–water partition coefficient (Wildman–Crippen LogP) is 4.95. The van der Waals surface area contributed by atoms with E-state index >= 15 is 0 Å². The van der Waals surface area contributed by atoms with Crippen molar-refractivity contribution in [1.29, 1.82) is 0 Å². The number of nitrogens with one attached hydrogen (secondary N) is 2. The topological polar surface area (TPSA) is 102 Å². The van der Waals surface area contributed by atoms with Crippen molar-refractivity contribution in [2.24, 2.45) is 17.8 Å². The summed E-state index contributed by atoms with van der Waals surface area (Å²) < 4.78 is 24.3. The minimum absolute atomic E-state index is 0.0827. The number of pyridine rings is 1. The monoisotopic (exact) mass is 524 g/mol. The highest BCUT2D eigenvalue weighted by Crippen LogP contribution is 2.51. The van der Waals surface area contributed by atoms with Crippen molar-refractivity contribution < 1.29 is 23.5 Å². The zero-order valence-electron chi connectivity index (χ0n) is 20.5. The standard InChI is InChI=1S/C27H29FN4O4S/c1-35-26-19(11-20(28)13-30-26)12-21-29-14-22(37-21)31-25(33)24(23(17-7-8-17)18-9-10-18)32-27(34)36-15-16-5-3-2-4-6-16/h2-6,11,13-14,17-18,23-24H,7-10,12,15H2,1H3,(H,31,33)(H,32,34)/t24-/m0/s1. The van der Waals surface area contributed by atoms with Crippen LogP contribution in [0.4, 0.5) is 14.2 Å². The number of carbonyl (C=O) groups excluding carboxylic acids is 2. The number of halogens is 1. The first-order chi connectivity index (χ1) is 18.0. The number of ether oxygens (including phenoxy) is 2. The number of alkyl carbamates (subject to hydrolysis) is 1.